The van der Waals surface area contributed by atoms with Gasteiger partial charge in [0, 0.05) is 24.8 Å². The maximum Gasteiger partial charge on any atom is 0.306 e. The topological polar surface area (TPSA) is 86.3 Å². The third kappa shape index (κ3) is 3.33. The molecular formula is C13H19N3O3. The molecule has 0 amide bonds. The van der Waals surface area contributed by atoms with Crippen LogP contribution in [0.5, 0.6) is 0 Å². The molecule has 0 spiro atoms. The van der Waals surface area contributed by atoms with Crippen molar-refractivity contribution < 1.29 is 9.90 Å². The van der Waals surface area contributed by atoms with Gasteiger partial charge in [-0.15, -0.1) is 0 Å². The van der Waals surface area contributed by atoms with Crippen LogP contribution in [0.1, 0.15) is 31.9 Å². The minimum absolute atomic E-state index is 0.145. The van der Waals surface area contributed by atoms with Gasteiger partial charge in [0.15, 0.2) is 0 Å². The lowest BCUT2D eigenvalue weighted by Gasteiger charge is -2.30. The molecule has 0 atom stereocenters. The Morgan fingerprint density at radius 2 is 2.21 bits per heavy atom. The standard InChI is InChI=1S/C13H19N3O3/c1-2-3-10-8-11(17)15-13(14-10)16-6-4-9(5-7-16)12(18)19/h8-9H,2-7H2,1H3,(H,18,19)(H,14,15,17). The molecule has 6 nitrogen and oxygen atoms in total. The first-order valence-electron chi connectivity index (χ1n) is 6.68. The predicted octanol–water partition coefficient (Wildman–Crippen LogP) is 1.02. The van der Waals surface area contributed by atoms with E-state index in [1.54, 1.807) is 0 Å². The summed E-state index contributed by atoms with van der Waals surface area (Å²) < 4.78 is 0. The van der Waals surface area contributed by atoms with Crippen LogP contribution in [0.25, 0.3) is 0 Å². The van der Waals surface area contributed by atoms with E-state index < -0.39 is 5.97 Å². The number of nitrogens with zero attached hydrogens (tertiary/aromatic N) is 2. The van der Waals surface area contributed by atoms with E-state index in [0.29, 0.717) is 31.9 Å². The van der Waals surface area contributed by atoms with E-state index in [1.165, 1.54) is 6.07 Å². The normalized spacial score (nSPS) is 16.6. The molecule has 0 unspecified atom stereocenters. The van der Waals surface area contributed by atoms with Crippen molar-refractivity contribution in [3.63, 3.8) is 0 Å². The minimum atomic E-state index is -0.735. The van der Waals surface area contributed by atoms with E-state index in [9.17, 15) is 9.59 Å². The highest BCUT2D eigenvalue weighted by molar-refractivity contribution is 5.70. The van der Waals surface area contributed by atoms with Crippen LogP contribution in [0.2, 0.25) is 0 Å². The van der Waals surface area contributed by atoms with Crippen molar-refractivity contribution in [2.45, 2.75) is 32.6 Å². The van der Waals surface area contributed by atoms with Gasteiger partial charge in [-0.2, -0.15) is 0 Å². The lowest BCUT2D eigenvalue weighted by molar-refractivity contribution is -0.142. The van der Waals surface area contributed by atoms with Crippen molar-refractivity contribution in [1.29, 1.82) is 0 Å². The summed E-state index contributed by atoms with van der Waals surface area (Å²) in [6, 6.07) is 1.52. The molecule has 1 saturated heterocycles. The molecule has 1 aromatic heterocycles. The molecule has 0 aromatic carbocycles. The zero-order chi connectivity index (χ0) is 13.8. The Hall–Kier alpha value is -1.85. The fraction of sp³-hybridized carbons (Fsp3) is 0.615. The molecule has 1 fully saturated rings. The van der Waals surface area contributed by atoms with E-state index in [0.717, 1.165) is 18.5 Å². The molecule has 0 bridgehead atoms. The molecule has 0 saturated carbocycles. The summed E-state index contributed by atoms with van der Waals surface area (Å²) in [6.45, 7) is 3.28. The van der Waals surface area contributed by atoms with Crippen molar-refractivity contribution in [3.05, 3.63) is 22.1 Å². The van der Waals surface area contributed by atoms with E-state index in [4.69, 9.17) is 5.11 Å². The molecule has 19 heavy (non-hydrogen) atoms. The number of aromatic amines is 1. The predicted molar refractivity (Wildman–Crippen MR) is 71.4 cm³/mol. The van der Waals surface area contributed by atoms with E-state index in [2.05, 4.69) is 9.97 Å². The van der Waals surface area contributed by atoms with Gasteiger partial charge >= 0.3 is 5.97 Å². The van der Waals surface area contributed by atoms with Crippen molar-refractivity contribution in [3.8, 4) is 0 Å². The molecular weight excluding hydrogens is 246 g/mol. The Morgan fingerprint density at radius 1 is 1.53 bits per heavy atom. The van der Waals surface area contributed by atoms with Gasteiger partial charge in [-0.1, -0.05) is 13.3 Å². The number of nitrogens with one attached hydrogen (secondary N) is 1. The summed E-state index contributed by atoms with van der Waals surface area (Å²) in [5, 5.41) is 8.96. The number of aromatic nitrogens is 2. The SMILES string of the molecule is CCCc1cc(=O)[nH]c(N2CCC(C(=O)O)CC2)n1. The highest BCUT2D eigenvalue weighted by Gasteiger charge is 2.25. The molecule has 2 rings (SSSR count). The second kappa shape index (κ2) is 5.86. The van der Waals surface area contributed by atoms with Crippen LogP contribution in [-0.4, -0.2) is 34.1 Å². The molecule has 1 aliphatic rings. The van der Waals surface area contributed by atoms with Gasteiger partial charge in [-0.05, 0) is 19.3 Å². The fourth-order valence-electron chi connectivity index (χ4n) is 2.37. The van der Waals surface area contributed by atoms with Crippen LogP contribution in [0, 0.1) is 5.92 Å². The van der Waals surface area contributed by atoms with Gasteiger partial charge in [0.05, 0.1) is 5.92 Å². The first-order valence-corrected chi connectivity index (χ1v) is 6.68. The summed E-state index contributed by atoms with van der Waals surface area (Å²) in [5.41, 5.74) is 0.649. The molecule has 0 radical (unpaired) electrons. The second-order valence-electron chi connectivity index (χ2n) is 4.91. The average molecular weight is 265 g/mol. The number of piperidine rings is 1. The van der Waals surface area contributed by atoms with Gasteiger partial charge in [0.2, 0.25) is 5.95 Å². The average Bonchev–Trinajstić information content (AvgIpc) is 2.38. The van der Waals surface area contributed by atoms with Gasteiger partial charge in [-0.25, -0.2) is 4.98 Å². The second-order valence-corrected chi connectivity index (χ2v) is 4.91. The molecule has 6 heteroatoms. The first-order chi connectivity index (χ1) is 9.10. The van der Waals surface area contributed by atoms with E-state index in [-0.39, 0.29) is 11.5 Å². The van der Waals surface area contributed by atoms with Crippen LogP contribution < -0.4 is 10.5 Å². The molecule has 1 aromatic rings. The van der Waals surface area contributed by atoms with Crippen LogP contribution in [0.3, 0.4) is 0 Å². The van der Waals surface area contributed by atoms with Crippen molar-refractivity contribution in [2.24, 2.45) is 5.92 Å². The van der Waals surface area contributed by atoms with Crippen LogP contribution in [0.4, 0.5) is 5.95 Å². The lowest BCUT2D eigenvalue weighted by atomic mass is 9.97. The number of H-pyrrole nitrogens is 1. The molecule has 1 aliphatic heterocycles. The zero-order valence-corrected chi connectivity index (χ0v) is 11.1. The van der Waals surface area contributed by atoms with Crippen LogP contribution in [0.15, 0.2) is 10.9 Å². The minimum Gasteiger partial charge on any atom is -0.481 e. The number of anilines is 1. The summed E-state index contributed by atoms with van der Waals surface area (Å²) >= 11 is 0. The smallest absolute Gasteiger partial charge is 0.306 e. The van der Waals surface area contributed by atoms with Crippen LogP contribution >= 0.6 is 0 Å². The highest BCUT2D eigenvalue weighted by atomic mass is 16.4. The highest BCUT2D eigenvalue weighted by Crippen LogP contribution is 2.20. The number of aryl methyl sites for hydroxylation is 1. The molecule has 104 valence electrons. The van der Waals surface area contributed by atoms with Gasteiger partial charge in [0.25, 0.3) is 5.56 Å². The number of rotatable bonds is 4. The van der Waals surface area contributed by atoms with Gasteiger partial charge < -0.3 is 10.0 Å². The largest absolute Gasteiger partial charge is 0.481 e. The molecule has 2 N–H and O–H groups in total. The summed E-state index contributed by atoms with van der Waals surface area (Å²) in [5.74, 6) is -0.442. The number of hydrogen-bond acceptors (Lipinski definition) is 4. The first kappa shape index (κ1) is 13.6. The third-order valence-corrected chi connectivity index (χ3v) is 3.43. The Bertz CT molecular complexity index is 504. The summed E-state index contributed by atoms with van der Waals surface area (Å²) in [4.78, 5) is 31.6. The van der Waals surface area contributed by atoms with Gasteiger partial charge in [0.1, 0.15) is 0 Å². The lowest BCUT2D eigenvalue weighted by Crippen LogP contribution is -2.38. The van der Waals surface area contributed by atoms with Crippen molar-refractivity contribution in [1.82, 2.24) is 9.97 Å². The quantitative estimate of drug-likeness (QED) is 0.849. The Balaban J connectivity index is 2.10. The number of aliphatic carboxylic acids is 1. The third-order valence-electron chi connectivity index (χ3n) is 3.43. The number of carboxylic acids is 1. The Morgan fingerprint density at radius 3 is 2.79 bits per heavy atom. The maximum absolute atomic E-state index is 11.6. The zero-order valence-electron chi connectivity index (χ0n) is 11.1. The van der Waals surface area contributed by atoms with Crippen LogP contribution in [-0.2, 0) is 11.2 Å². The Labute approximate surface area is 111 Å². The van der Waals surface area contributed by atoms with Gasteiger partial charge in [-0.3, -0.25) is 14.6 Å². The monoisotopic (exact) mass is 265 g/mol. The molecule has 2 heterocycles. The fourth-order valence-corrected chi connectivity index (χ4v) is 2.37. The van der Waals surface area contributed by atoms with Crippen molar-refractivity contribution >= 4 is 11.9 Å². The molecule has 0 aliphatic carbocycles. The number of carbonyl (C=O) groups is 1. The summed E-state index contributed by atoms with van der Waals surface area (Å²) in [7, 11) is 0. The number of carboxylic acid groups (broad SMARTS) is 1. The van der Waals surface area contributed by atoms with Crippen molar-refractivity contribution in [2.75, 3.05) is 18.0 Å². The summed E-state index contributed by atoms with van der Waals surface area (Å²) in [6.07, 6.45) is 2.91. The van der Waals surface area contributed by atoms with E-state index >= 15 is 0 Å². The number of hydrogen-bond donors (Lipinski definition) is 2. The Kier molecular flexibility index (Phi) is 4.19. The van der Waals surface area contributed by atoms with E-state index in [1.807, 2.05) is 11.8 Å². The maximum atomic E-state index is 11.6.